The van der Waals surface area contributed by atoms with Gasteiger partial charge in [0.15, 0.2) is 0 Å². The van der Waals surface area contributed by atoms with Crippen LogP contribution < -0.4 is 10.1 Å². The Morgan fingerprint density at radius 3 is 2.57 bits per heavy atom. The monoisotopic (exact) mass is 380 g/mol. The lowest BCUT2D eigenvalue weighted by Gasteiger charge is -2.41. The predicted molar refractivity (Wildman–Crippen MR) is 111 cm³/mol. The largest absolute Gasteiger partial charge is 0.486 e. The Labute approximate surface area is 168 Å². The lowest BCUT2D eigenvalue weighted by Crippen LogP contribution is -2.50. The minimum atomic E-state index is -0.0985. The van der Waals surface area contributed by atoms with Crippen molar-refractivity contribution in [3.05, 3.63) is 53.6 Å². The van der Waals surface area contributed by atoms with E-state index < -0.39 is 0 Å². The molecule has 1 fully saturated rings. The molecule has 5 heteroatoms. The summed E-state index contributed by atoms with van der Waals surface area (Å²) in [5, 5.41) is 3.44. The van der Waals surface area contributed by atoms with Crippen LogP contribution in [0.15, 0.2) is 36.7 Å². The fourth-order valence-electron chi connectivity index (χ4n) is 4.51. The number of hydrogen-bond acceptors (Lipinski definition) is 5. The maximum absolute atomic E-state index is 6.70. The summed E-state index contributed by atoms with van der Waals surface area (Å²) in [5.74, 6) is 2.33. The highest BCUT2D eigenvalue weighted by Gasteiger charge is 2.40. The number of nitrogens with zero attached hydrogens (tertiary/aromatic N) is 3. The number of ether oxygens (including phenoxy) is 1. The smallest absolute Gasteiger partial charge is 0.130 e. The summed E-state index contributed by atoms with van der Waals surface area (Å²) >= 11 is 0. The topological polar surface area (TPSA) is 50.3 Å². The molecule has 1 spiro atoms. The van der Waals surface area contributed by atoms with Gasteiger partial charge in [0, 0.05) is 55.1 Å². The third kappa shape index (κ3) is 4.20. The van der Waals surface area contributed by atoms with Crippen LogP contribution in [0.2, 0.25) is 0 Å². The molecule has 5 nitrogen and oxygen atoms in total. The first-order chi connectivity index (χ1) is 13.6. The highest BCUT2D eigenvalue weighted by atomic mass is 16.5. The highest BCUT2D eigenvalue weighted by molar-refractivity contribution is 5.35. The molecule has 1 aromatic carbocycles. The van der Waals surface area contributed by atoms with Crippen molar-refractivity contribution >= 4 is 0 Å². The number of benzene rings is 1. The molecule has 1 saturated carbocycles. The van der Waals surface area contributed by atoms with Crippen LogP contribution in [0.5, 0.6) is 5.75 Å². The van der Waals surface area contributed by atoms with Gasteiger partial charge in [-0.1, -0.05) is 32.0 Å². The third-order valence-corrected chi connectivity index (χ3v) is 6.16. The summed E-state index contributed by atoms with van der Waals surface area (Å²) in [6.07, 6.45) is 8.49. The minimum Gasteiger partial charge on any atom is -0.486 e. The maximum Gasteiger partial charge on any atom is 0.130 e. The van der Waals surface area contributed by atoms with Crippen LogP contribution in [-0.4, -0.2) is 40.1 Å². The number of fused-ring (bicyclic) bond motifs is 1. The number of rotatable bonds is 4. The van der Waals surface area contributed by atoms with Crippen LogP contribution in [0.25, 0.3) is 0 Å². The van der Waals surface area contributed by atoms with Crippen molar-refractivity contribution in [2.45, 2.75) is 70.2 Å². The Bertz CT molecular complexity index is 781. The molecule has 2 aliphatic rings. The van der Waals surface area contributed by atoms with Crippen LogP contribution >= 0.6 is 0 Å². The zero-order chi connectivity index (χ0) is 19.6. The molecule has 0 unspecified atom stereocenters. The van der Waals surface area contributed by atoms with Gasteiger partial charge >= 0.3 is 0 Å². The molecule has 0 bridgehead atoms. The number of aromatic nitrogens is 2. The van der Waals surface area contributed by atoms with E-state index in [-0.39, 0.29) is 5.60 Å². The molecule has 150 valence electrons. The summed E-state index contributed by atoms with van der Waals surface area (Å²) in [6, 6.07) is 9.12. The van der Waals surface area contributed by atoms with Crippen molar-refractivity contribution in [2.75, 3.05) is 13.6 Å². The van der Waals surface area contributed by atoms with E-state index in [0.717, 1.165) is 44.0 Å². The van der Waals surface area contributed by atoms with Crippen LogP contribution in [0.1, 0.15) is 62.4 Å². The summed E-state index contributed by atoms with van der Waals surface area (Å²) in [5.41, 5.74) is 2.34. The maximum atomic E-state index is 6.70. The van der Waals surface area contributed by atoms with Gasteiger partial charge in [-0.05, 0) is 38.8 Å². The average molecular weight is 381 g/mol. The van der Waals surface area contributed by atoms with Gasteiger partial charge in [0.25, 0.3) is 0 Å². The van der Waals surface area contributed by atoms with Crippen molar-refractivity contribution < 1.29 is 4.74 Å². The molecule has 0 radical (unpaired) electrons. The van der Waals surface area contributed by atoms with E-state index >= 15 is 0 Å². The van der Waals surface area contributed by atoms with E-state index in [0.29, 0.717) is 12.0 Å². The third-order valence-electron chi connectivity index (χ3n) is 6.16. The van der Waals surface area contributed by atoms with Crippen molar-refractivity contribution in [1.82, 2.24) is 20.2 Å². The molecule has 4 rings (SSSR count). The van der Waals surface area contributed by atoms with Gasteiger partial charge in [-0.25, -0.2) is 9.97 Å². The van der Waals surface area contributed by atoms with E-state index in [1.807, 2.05) is 12.4 Å². The molecular weight excluding hydrogens is 348 g/mol. The van der Waals surface area contributed by atoms with Gasteiger partial charge in [0.2, 0.25) is 0 Å². The SMILES string of the molecule is CNC1CCC2(CC1)CN(Cc1cnc(C(C)C)nc1)Cc1ccccc1O2. The first-order valence-corrected chi connectivity index (χ1v) is 10.5. The van der Waals surface area contributed by atoms with E-state index in [1.54, 1.807) is 0 Å². The molecule has 2 aromatic rings. The van der Waals surface area contributed by atoms with Gasteiger partial charge in [-0.3, -0.25) is 4.90 Å². The first-order valence-electron chi connectivity index (χ1n) is 10.5. The molecule has 0 amide bonds. The fraction of sp³-hybridized carbons (Fsp3) is 0.565. The lowest BCUT2D eigenvalue weighted by molar-refractivity contribution is -0.00325. The van der Waals surface area contributed by atoms with E-state index in [1.165, 1.54) is 24.0 Å². The van der Waals surface area contributed by atoms with Gasteiger partial charge in [0.1, 0.15) is 17.2 Å². The molecule has 0 atom stereocenters. The Morgan fingerprint density at radius 2 is 1.89 bits per heavy atom. The summed E-state index contributed by atoms with van der Waals surface area (Å²) in [7, 11) is 2.07. The Morgan fingerprint density at radius 1 is 1.18 bits per heavy atom. The van der Waals surface area contributed by atoms with Crippen LogP contribution in [0.4, 0.5) is 0 Å². The van der Waals surface area contributed by atoms with Crippen molar-refractivity contribution in [1.29, 1.82) is 0 Å². The standard InChI is InChI=1S/C23H32N4O/c1-17(2)22-25-12-18(13-26-22)14-27-15-19-6-4-5-7-21(19)28-23(16-27)10-8-20(24-3)9-11-23/h4-7,12-13,17,20,24H,8-11,14-16H2,1-3H3. The molecule has 0 saturated heterocycles. The van der Waals surface area contributed by atoms with Crippen LogP contribution in [0.3, 0.4) is 0 Å². The highest BCUT2D eigenvalue weighted by Crippen LogP contribution is 2.38. The summed E-state index contributed by atoms with van der Waals surface area (Å²) in [4.78, 5) is 11.6. The molecular formula is C23H32N4O. The zero-order valence-corrected chi connectivity index (χ0v) is 17.3. The van der Waals surface area contributed by atoms with E-state index in [9.17, 15) is 0 Å². The Kier molecular flexibility index (Phi) is 5.65. The van der Waals surface area contributed by atoms with Crippen molar-refractivity contribution in [2.24, 2.45) is 0 Å². The number of para-hydroxylation sites is 1. The lowest BCUT2D eigenvalue weighted by atomic mass is 9.81. The fourth-order valence-corrected chi connectivity index (χ4v) is 4.51. The quantitative estimate of drug-likeness (QED) is 0.872. The van der Waals surface area contributed by atoms with Crippen molar-refractivity contribution in [3.63, 3.8) is 0 Å². The minimum absolute atomic E-state index is 0.0985. The summed E-state index contributed by atoms with van der Waals surface area (Å²) < 4.78 is 6.70. The van der Waals surface area contributed by atoms with Crippen LogP contribution in [0, 0.1) is 0 Å². The Hall–Kier alpha value is -1.98. The van der Waals surface area contributed by atoms with Crippen LogP contribution in [-0.2, 0) is 13.1 Å². The van der Waals surface area contributed by atoms with Gasteiger partial charge < -0.3 is 10.1 Å². The number of nitrogens with one attached hydrogen (secondary N) is 1. The van der Waals surface area contributed by atoms with Gasteiger partial charge in [0.05, 0.1) is 0 Å². The second-order valence-electron chi connectivity index (χ2n) is 8.71. The first kappa shape index (κ1) is 19.3. The van der Waals surface area contributed by atoms with E-state index in [2.05, 4.69) is 65.3 Å². The summed E-state index contributed by atoms with van der Waals surface area (Å²) in [6.45, 7) is 6.96. The molecule has 1 aliphatic heterocycles. The zero-order valence-electron chi connectivity index (χ0n) is 17.3. The normalized spacial score (nSPS) is 25.4. The van der Waals surface area contributed by atoms with Crippen molar-refractivity contribution in [3.8, 4) is 5.75 Å². The average Bonchev–Trinajstić information content (AvgIpc) is 2.85. The molecule has 1 aromatic heterocycles. The Balaban J connectivity index is 1.56. The predicted octanol–water partition coefficient (Wildman–Crippen LogP) is 3.90. The molecule has 28 heavy (non-hydrogen) atoms. The second kappa shape index (κ2) is 8.18. The van der Waals surface area contributed by atoms with Gasteiger partial charge in [-0.2, -0.15) is 0 Å². The molecule has 1 N–H and O–H groups in total. The molecule has 1 aliphatic carbocycles. The number of hydrogen-bond donors (Lipinski definition) is 1. The van der Waals surface area contributed by atoms with Gasteiger partial charge in [-0.15, -0.1) is 0 Å². The second-order valence-corrected chi connectivity index (χ2v) is 8.71. The van der Waals surface area contributed by atoms with E-state index in [4.69, 9.17) is 4.74 Å². The molecule has 2 heterocycles.